The molecule has 1 aromatic heterocycles. The van der Waals surface area contributed by atoms with Crippen LogP contribution in [0.1, 0.15) is 46.5 Å². The molecule has 2 aliphatic heterocycles. The summed E-state index contributed by atoms with van der Waals surface area (Å²) in [7, 11) is 0. The van der Waals surface area contributed by atoms with Crippen LogP contribution < -0.4 is 4.74 Å². The van der Waals surface area contributed by atoms with Crippen molar-refractivity contribution in [3.8, 4) is 5.88 Å². The third-order valence-electron chi connectivity index (χ3n) is 4.71. The van der Waals surface area contributed by atoms with Gasteiger partial charge >= 0.3 is 6.09 Å². The molecule has 1 aromatic rings. The van der Waals surface area contributed by atoms with Crippen molar-refractivity contribution >= 4 is 6.09 Å². The number of nitrogens with zero attached hydrogens (tertiary/aromatic N) is 2. The van der Waals surface area contributed by atoms with Crippen molar-refractivity contribution in [1.82, 2.24) is 9.88 Å². The first-order chi connectivity index (χ1) is 11.3. The number of rotatable bonds is 3. The number of hydrogen-bond donors (Lipinski definition) is 0. The van der Waals surface area contributed by atoms with Gasteiger partial charge in [-0.3, -0.25) is 0 Å². The molecule has 0 radical (unpaired) electrons. The quantitative estimate of drug-likeness (QED) is 0.843. The van der Waals surface area contributed by atoms with Gasteiger partial charge in [0.2, 0.25) is 5.88 Å². The molecule has 132 valence electrons. The molecule has 0 unspecified atom stereocenters. The Morgan fingerprint density at radius 2 is 2.04 bits per heavy atom. The van der Waals surface area contributed by atoms with Crippen LogP contribution in [0, 0.1) is 11.7 Å². The number of pyridine rings is 1. The summed E-state index contributed by atoms with van der Waals surface area (Å²) >= 11 is 0. The molecular formula is C18H25FN2O3. The van der Waals surface area contributed by atoms with Gasteiger partial charge in [-0.2, -0.15) is 0 Å². The minimum Gasteiger partial charge on any atom is -0.477 e. The Morgan fingerprint density at radius 1 is 1.29 bits per heavy atom. The summed E-state index contributed by atoms with van der Waals surface area (Å²) in [5, 5.41) is 0. The van der Waals surface area contributed by atoms with E-state index < -0.39 is 5.60 Å². The third-order valence-corrected chi connectivity index (χ3v) is 4.71. The molecule has 0 spiro atoms. The van der Waals surface area contributed by atoms with E-state index in [0.29, 0.717) is 12.5 Å². The maximum atomic E-state index is 12.9. The molecule has 3 rings (SSSR count). The summed E-state index contributed by atoms with van der Waals surface area (Å²) in [4.78, 5) is 18.4. The number of carbonyl (C=O) groups excluding carboxylic acids is 1. The van der Waals surface area contributed by atoms with Crippen LogP contribution in [0.2, 0.25) is 0 Å². The highest BCUT2D eigenvalue weighted by Crippen LogP contribution is 2.40. The molecule has 0 N–H and O–H groups in total. The van der Waals surface area contributed by atoms with Crippen LogP contribution in [0.5, 0.6) is 5.88 Å². The number of carbonyl (C=O) groups is 1. The second-order valence-corrected chi connectivity index (χ2v) is 7.65. The number of ether oxygens (including phenoxy) is 2. The fourth-order valence-corrected chi connectivity index (χ4v) is 3.69. The van der Waals surface area contributed by atoms with E-state index in [1.165, 1.54) is 12.1 Å². The van der Waals surface area contributed by atoms with Gasteiger partial charge in [-0.1, -0.05) is 0 Å². The normalized spacial score (nSPS) is 26.3. The molecule has 0 saturated carbocycles. The predicted octanol–water partition coefficient (Wildman–Crippen LogP) is 3.78. The summed E-state index contributed by atoms with van der Waals surface area (Å²) < 4.78 is 24.2. The number of hydrogen-bond acceptors (Lipinski definition) is 4. The molecule has 5 nitrogen and oxygen atoms in total. The fourth-order valence-electron chi connectivity index (χ4n) is 3.69. The van der Waals surface area contributed by atoms with Crippen molar-refractivity contribution in [3.63, 3.8) is 0 Å². The molecule has 3 heterocycles. The molecule has 0 aliphatic carbocycles. The summed E-state index contributed by atoms with van der Waals surface area (Å²) in [5.74, 6) is 0.290. The Kier molecular flexibility index (Phi) is 4.65. The minimum absolute atomic E-state index is 0.152. The molecule has 6 heteroatoms. The maximum Gasteiger partial charge on any atom is 0.410 e. The smallest absolute Gasteiger partial charge is 0.410 e. The van der Waals surface area contributed by atoms with Crippen LogP contribution in [0.25, 0.3) is 0 Å². The van der Waals surface area contributed by atoms with Gasteiger partial charge in [0.15, 0.2) is 0 Å². The third kappa shape index (κ3) is 3.79. The van der Waals surface area contributed by atoms with Crippen LogP contribution in [-0.4, -0.2) is 40.3 Å². The highest BCUT2D eigenvalue weighted by Gasteiger charge is 2.46. The maximum absolute atomic E-state index is 12.9. The van der Waals surface area contributed by atoms with Gasteiger partial charge in [0, 0.05) is 24.1 Å². The van der Waals surface area contributed by atoms with Crippen molar-refractivity contribution in [2.45, 2.75) is 64.1 Å². The molecule has 24 heavy (non-hydrogen) atoms. The van der Waals surface area contributed by atoms with Crippen LogP contribution in [0.3, 0.4) is 0 Å². The van der Waals surface area contributed by atoms with Crippen LogP contribution in [-0.2, 0) is 4.74 Å². The molecule has 2 bridgehead atoms. The molecule has 0 aromatic carbocycles. The van der Waals surface area contributed by atoms with E-state index in [0.717, 1.165) is 31.9 Å². The van der Waals surface area contributed by atoms with Crippen molar-refractivity contribution in [2.24, 2.45) is 5.92 Å². The Labute approximate surface area is 142 Å². The number of piperidine rings is 1. The van der Waals surface area contributed by atoms with Crippen LogP contribution >= 0.6 is 0 Å². The zero-order valence-electron chi connectivity index (χ0n) is 14.5. The van der Waals surface area contributed by atoms with Crippen molar-refractivity contribution < 1.29 is 18.7 Å². The summed E-state index contributed by atoms with van der Waals surface area (Å²) in [5.41, 5.74) is -0.488. The van der Waals surface area contributed by atoms with E-state index in [1.54, 1.807) is 0 Å². The zero-order chi connectivity index (χ0) is 17.3. The largest absolute Gasteiger partial charge is 0.477 e. The second kappa shape index (κ2) is 6.57. The lowest BCUT2D eigenvalue weighted by molar-refractivity contribution is -0.00608. The van der Waals surface area contributed by atoms with E-state index in [1.807, 2.05) is 25.7 Å². The van der Waals surface area contributed by atoms with Crippen molar-refractivity contribution in [2.75, 3.05) is 6.61 Å². The highest BCUT2D eigenvalue weighted by molar-refractivity contribution is 5.69. The lowest BCUT2D eigenvalue weighted by Gasteiger charge is -2.40. The molecule has 1 amide bonds. The van der Waals surface area contributed by atoms with Crippen LogP contribution in [0.15, 0.2) is 18.3 Å². The first kappa shape index (κ1) is 17.0. The Bertz CT molecular complexity index is 585. The van der Waals surface area contributed by atoms with Gasteiger partial charge in [-0.05, 0) is 52.5 Å². The monoisotopic (exact) mass is 336 g/mol. The molecule has 3 atom stereocenters. The van der Waals surface area contributed by atoms with Gasteiger partial charge in [0.1, 0.15) is 11.4 Å². The first-order valence-corrected chi connectivity index (χ1v) is 8.59. The Morgan fingerprint density at radius 3 is 2.71 bits per heavy atom. The van der Waals surface area contributed by atoms with E-state index in [9.17, 15) is 9.18 Å². The standard InChI is InChI=1S/C18H25FN2O3/c1-18(2,3)24-17(22)21-14-6-4-12(15(21)8-7-14)11-23-16-9-5-13(19)10-20-16/h5,9-10,12,14-15H,4,6-8,11H2,1-3H3/t12-,14-,15-/m1/s1. The lowest BCUT2D eigenvalue weighted by atomic mass is 9.91. The van der Waals surface area contributed by atoms with Gasteiger partial charge in [-0.15, -0.1) is 0 Å². The number of amides is 1. The van der Waals surface area contributed by atoms with Crippen LogP contribution in [0.4, 0.5) is 9.18 Å². The zero-order valence-corrected chi connectivity index (χ0v) is 14.5. The second-order valence-electron chi connectivity index (χ2n) is 7.65. The molecule has 2 fully saturated rings. The van der Waals surface area contributed by atoms with Gasteiger partial charge in [0.05, 0.1) is 12.8 Å². The summed E-state index contributed by atoms with van der Waals surface area (Å²) in [6.07, 6.45) is 4.93. The number of fused-ring (bicyclic) bond motifs is 2. The SMILES string of the molecule is CC(C)(C)OC(=O)N1[C@@H]2CC[C@H](COc3ccc(F)cn3)[C@H]1CC2. The number of halogens is 1. The van der Waals surface area contributed by atoms with Gasteiger partial charge in [-0.25, -0.2) is 14.2 Å². The molecular weight excluding hydrogens is 311 g/mol. The molecule has 2 saturated heterocycles. The van der Waals surface area contributed by atoms with E-state index in [2.05, 4.69) is 4.98 Å². The van der Waals surface area contributed by atoms with Gasteiger partial charge in [0.25, 0.3) is 0 Å². The van der Waals surface area contributed by atoms with E-state index in [4.69, 9.17) is 9.47 Å². The van der Waals surface area contributed by atoms with Crippen molar-refractivity contribution in [1.29, 1.82) is 0 Å². The lowest BCUT2D eigenvalue weighted by Crippen LogP contribution is -2.51. The number of aromatic nitrogens is 1. The van der Waals surface area contributed by atoms with Gasteiger partial charge < -0.3 is 14.4 Å². The average molecular weight is 336 g/mol. The predicted molar refractivity (Wildman–Crippen MR) is 87.3 cm³/mol. The van der Waals surface area contributed by atoms with Crippen molar-refractivity contribution in [3.05, 3.63) is 24.1 Å². The fraction of sp³-hybridized carbons (Fsp3) is 0.667. The Hall–Kier alpha value is -1.85. The summed E-state index contributed by atoms with van der Waals surface area (Å²) in [6, 6.07) is 3.30. The average Bonchev–Trinajstić information content (AvgIpc) is 2.82. The van der Waals surface area contributed by atoms with E-state index >= 15 is 0 Å². The highest BCUT2D eigenvalue weighted by atomic mass is 19.1. The summed E-state index contributed by atoms with van der Waals surface area (Å²) in [6.45, 7) is 6.14. The van der Waals surface area contributed by atoms with E-state index in [-0.39, 0.29) is 29.9 Å². The first-order valence-electron chi connectivity index (χ1n) is 8.59. The Balaban J connectivity index is 1.63. The topological polar surface area (TPSA) is 51.7 Å². The minimum atomic E-state index is -0.488. The molecule has 2 aliphatic rings.